The van der Waals surface area contributed by atoms with Crippen LogP contribution < -0.4 is 4.90 Å². The summed E-state index contributed by atoms with van der Waals surface area (Å²) < 4.78 is 9.02. The van der Waals surface area contributed by atoms with Gasteiger partial charge in [-0.1, -0.05) is 170 Å². The summed E-state index contributed by atoms with van der Waals surface area (Å²) in [6.45, 7) is 0. The molecule has 2 aromatic heterocycles. The Morgan fingerprint density at radius 3 is 1.48 bits per heavy atom. The lowest BCUT2D eigenvalue weighted by Crippen LogP contribution is -2.10. The lowest BCUT2D eigenvalue weighted by molar-refractivity contribution is 0.673. The highest BCUT2D eigenvalue weighted by molar-refractivity contribution is 6.15. The Hall–Kier alpha value is -9.18. The van der Waals surface area contributed by atoms with Crippen molar-refractivity contribution >= 4 is 93.1 Å². The van der Waals surface area contributed by atoms with E-state index in [2.05, 4.69) is 264 Å². The maximum atomic E-state index is 6.64. The van der Waals surface area contributed by atoms with Crippen molar-refractivity contribution < 1.29 is 4.42 Å². The normalized spacial score (nSPS) is 11.8. The minimum absolute atomic E-state index is 0.885. The molecule has 0 radical (unpaired) electrons. The molecule has 14 rings (SSSR count). The molecule has 12 aromatic carbocycles. The number of benzene rings is 12. The largest absolute Gasteiger partial charge is 0.455 e. The highest BCUT2D eigenvalue weighted by Crippen LogP contribution is 2.41. The summed E-state index contributed by atoms with van der Waals surface area (Å²) in [5, 5.41) is 12.1. The van der Waals surface area contributed by atoms with Crippen LogP contribution in [0.25, 0.3) is 115 Å². The first-order valence-electron chi connectivity index (χ1n) is 23.6. The number of aromatic nitrogens is 1. The predicted octanol–water partition coefficient (Wildman–Crippen LogP) is 18.6. The van der Waals surface area contributed by atoms with Gasteiger partial charge in [0, 0.05) is 49.7 Å². The summed E-state index contributed by atoms with van der Waals surface area (Å²) in [6.07, 6.45) is 0. The molecule has 0 fully saturated rings. The van der Waals surface area contributed by atoms with E-state index in [0.29, 0.717) is 0 Å². The average Bonchev–Trinajstić information content (AvgIpc) is 3.97. The van der Waals surface area contributed by atoms with Gasteiger partial charge >= 0.3 is 0 Å². The Kier molecular flexibility index (Phi) is 8.90. The molecule has 0 atom stereocenters. The zero-order valence-electron chi connectivity index (χ0n) is 37.6. The second-order valence-electron chi connectivity index (χ2n) is 18.1. The van der Waals surface area contributed by atoms with Crippen LogP contribution >= 0.6 is 0 Å². The fourth-order valence-corrected chi connectivity index (χ4v) is 10.8. The maximum Gasteiger partial charge on any atom is 0.143 e. The lowest BCUT2D eigenvalue weighted by atomic mass is 9.97. The van der Waals surface area contributed by atoms with E-state index in [1.54, 1.807) is 0 Å². The van der Waals surface area contributed by atoms with Gasteiger partial charge in [0.25, 0.3) is 0 Å². The van der Waals surface area contributed by atoms with E-state index >= 15 is 0 Å². The van der Waals surface area contributed by atoms with Gasteiger partial charge in [-0.05, 0) is 145 Å². The van der Waals surface area contributed by atoms with Crippen LogP contribution in [0.1, 0.15) is 0 Å². The summed E-state index contributed by atoms with van der Waals surface area (Å²) >= 11 is 0. The molecule has 2 heterocycles. The molecule has 0 spiro atoms. The van der Waals surface area contributed by atoms with E-state index in [-0.39, 0.29) is 0 Å². The highest BCUT2D eigenvalue weighted by Gasteiger charge is 2.18. The Balaban J connectivity index is 0.859. The molecule has 0 amide bonds. The van der Waals surface area contributed by atoms with Gasteiger partial charge in [-0.25, -0.2) is 0 Å². The van der Waals surface area contributed by atoms with Crippen molar-refractivity contribution in [3.05, 3.63) is 255 Å². The van der Waals surface area contributed by atoms with Crippen LogP contribution in [0.4, 0.5) is 17.1 Å². The third-order valence-electron chi connectivity index (χ3n) is 14.1. The van der Waals surface area contributed by atoms with Crippen molar-refractivity contribution in [2.45, 2.75) is 0 Å². The first-order valence-corrected chi connectivity index (χ1v) is 23.6. The predicted molar refractivity (Wildman–Crippen MR) is 292 cm³/mol. The van der Waals surface area contributed by atoms with Crippen molar-refractivity contribution in [1.29, 1.82) is 0 Å². The van der Waals surface area contributed by atoms with Crippen LogP contribution in [0.2, 0.25) is 0 Å². The highest BCUT2D eigenvalue weighted by atomic mass is 16.3. The SMILES string of the molecule is c1cc(-c2ccc3c(c2)oc2c4ccccc4ccc32)cc(N(c2ccc(-c3cccc(-n4c5ccccc5c5ccccc54)c3)cc2)c2ccc(-c3ccc4ccc5ccccc5c4c3)cc2)c1. The number of rotatable bonds is 7. The van der Waals surface area contributed by atoms with E-state index in [9.17, 15) is 0 Å². The van der Waals surface area contributed by atoms with Gasteiger partial charge in [0.2, 0.25) is 0 Å². The number of hydrogen-bond donors (Lipinski definition) is 0. The second kappa shape index (κ2) is 15.7. The van der Waals surface area contributed by atoms with Gasteiger partial charge in [-0.15, -0.1) is 0 Å². The van der Waals surface area contributed by atoms with E-state index in [1.165, 1.54) is 59.9 Å². The molecule has 14 aromatic rings. The van der Waals surface area contributed by atoms with Crippen LogP contribution in [0.3, 0.4) is 0 Å². The third kappa shape index (κ3) is 6.51. The second-order valence-corrected chi connectivity index (χ2v) is 18.1. The molecule has 3 heteroatoms. The van der Waals surface area contributed by atoms with Gasteiger partial charge < -0.3 is 13.9 Å². The monoisotopic (exact) mass is 878 g/mol. The van der Waals surface area contributed by atoms with Crippen molar-refractivity contribution in [3.8, 4) is 39.1 Å². The zero-order chi connectivity index (χ0) is 45.4. The fraction of sp³-hybridized carbons (Fsp3) is 0. The summed E-state index contributed by atoms with van der Waals surface area (Å²) in [4.78, 5) is 2.37. The molecule has 0 saturated heterocycles. The standard InChI is InChI=1S/C66H42N2O/c1-3-17-56-45(11-1)23-24-47-25-26-50(41-62(47)56)44-29-35-53(36-30-44)67(54-15-10-14-49(40-54)51-32-37-60-61-38-31-46-12-2-4-18-57(46)66(61)69-65(60)42-51)52-33-27-43(28-34-52)48-13-9-16-55(39-48)68-63-21-7-5-19-58(63)59-20-6-8-22-64(59)68/h1-42H. The lowest BCUT2D eigenvalue weighted by Gasteiger charge is -2.26. The van der Waals surface area contributed by atoms with Crippen molar-refractivity contribution in [2.24, 2.45) is 0 Å². The minimum atomic E-state index is 0.885. The van der Waals surface area contributed by atoms with Gasteiger partial charge in [-0.3, -0.25) is 0 Å². The first kappa shape index (κ1) is 39.0. The molecule has 0 aliphatic carbocycles. The van der Waals surface area contributed by atoms with Gasteiger partial charge in [-0.2, -0.15) is 0 Å². The van der Waals surface area contributed by atoms with Gasteiger partial charge in [0.1, 0.15) is 11.2 Å². The smallest absolute Gasteiger partial charge is 0.143 e. The van der Waals surface area contributed by atoms with Crippen molar-refractivity contribution in [2.75, 3.05) is 4.90 Å². The van der Waals surface area contributed by atoms with Gasteiger partial charge in [0.15, 0.2) is 0 Å². The quantitative estimate of drug-likeness (QED) is 0.149. The van der Waals surface area contributed by atoms with Crippen molar-refractivity contribution in [3.63, 3.8) is 0 Å². The summed E-state index contributed by atoms with van der Waals surface area (Å²) in [6, 6.07) is 92.5. The van der Waals surface area contributed by atoms with Crippen LogP contribution in [0.5, 0.6) is 0 Å². The average molecular weight is 879 g/mol. The number of hydrogen-bond acceptors (Lipinski definition) is 2. The van der Waals surface area contributed by atoms with E-state index < -0.39 is 0 Å². The molecular formula is C66H42N2O. The zero-order valence-corrected chi connectivity index (χ0v) is 37.6. The first-order chi connectivity index (χ1) is 34.2. The molecular weight excluding hydrogens is 837 g/mol. The Bertz CT molecular complexity index is 4260. The van der Waals surface area contributed by atoms with Gasteiger partial charge in [0.05, 0.1) is 11.0 Å². The van der Waals surface area contributed by atoms with Crippen LogP contribution in [0.15, 0.2) is 259 Å². The van der Waals surface area contributed by atoms with E-state index in [1.807, 2.05) is 0 Å². The molecule has 3 nitrogen and oxygen atoms in total. The topological polar surface area (TPSA) is 21.3 Å². The molecule has 322 valence electrons. The van der Waals surface area contributed by atoms with Crippen LogP contribution in [-0.2, 0) is 0 Å². The number of nitrogens with zero attached hydrogens (tertiary/aromatic N) is 2. The molecule has 0 saturated carbocycles. The number of furan rings is 1. The summed E-state index contributed by atoms with van der Waals surface area (Å²) in [5.41, 5.74) is 15.5. The number of fused-ring (bicyclic) bond motifs is 11. The molecule has 0 unspecified atom stereocenters. The number of para-hydroxylation sites is 2. The van der Waals surface area contributed by atoms with Crippen LogP contribution in [-0.4, -0.2) is 4.57 Å². The molecule has 0 N–H and O–H groups in total. The molecule has 0 bridgehead atoms. The molecule has 69 heavy (non-hydrogen) atoms. The van der Waals surface area contributed by atoms with E-state index in [0.717, 1.165) is 72.3 Å². The van der Waals surface area contributed by atoms with Crippen LogP contribution in [0, 0.1) is 0 Å². The fourth-order valence-electron chi connectivity index (χ4n) is 10.8. The molecule has 0 aliphatic heterocycles. The number of anilines is 3. The maximum absolute atomic E-state index is 6.64. The Morgan fingerprint density at radius 2 is 0.768 bits per heavy atom. The van der Waals surface area contributed by atoms with E-state index in [4.69, 9.17) is 4.42 Å². The summed E-state index contributed by atoms with van der Waals surface area (Å²) in [7, 11) is 0. The van der Waals surface area contributed by atoms with Crippen molar-refractivity contribution in [1.82, 2.24) is 4.57 Å². The summed E-state index contributed by atoms with van der Waals surface area (Å²) in [5.74, 6) is 0. The third-order valence-corrected chi connectivity index (χ3v) is 14.1. The minimum Gasteiger partial charge on any atom is -0.455 e. The molecule has 0 aliphatic rings. The Labute approximate surface area is 399 Å². The Morgan fingerprint density at radius 1 is 0.275 bits per heavy atom.